The molecule has 3 aliphatic carbocycles. The Morgan fingerprint density at radius 1 is 1.17 bits per heavy atom. The van der Waals surface area contributed by atoms with E-state index in [9.17, 15) is 9.65 Å². The molecule has 8 rings (SSSR count). The highest BCUT2D eigenvalue weighted by molar-refractivity contribution is 7.16. The van der Waals surface area contributed by atoms with E-state index >= 15 is 0 Å². The van der Waals surface area contributed by atoms with E-state index in [-0.39, 0.29) is 23.6 Å². The van der Waals surface area contributed by atoms with Gasteiger partial charge in [-0.3, -0.25) is 9.80 Å². The van der Waals surface area contributed by atoms with E-state index in [4.69, 9.17) is 36.6 Å². The van der Waals surface area contributed by atoms with Crippen molar-refractivity contribution in [1.82, 2.24) is 24.9 Å². The fourth-order valence-electron chi connectivity index (χ4n) is 8.72. The quantitative estimate of drug-likeness (QED) is 0.381. The SMILES string of the molecule is C[C@H](Oc1nc(-c2noc3c2CCC[C@@]32CCCc3sc(N)c(C#N)c32)nc(N2CCN(C)C3(CC3)C2)c1Cl)[C@@H]1C[C@@H](F)CN1C. The van der Waals surface area contributed by atoms with Gasteiger partial charge in [0.2, 0.25) is 5.88 Å². The number of halogens is 2. The lowest BCUT2D eigenvalue weighted by Gasteiger charge is -2.41. The molecule has 0 amide bonds. The van der Waals surface area contributed by atoms with Crippen LogP contribution in [0.4, 0.5) is 15.2 Å². The highest BCUT2D eigenvalue weighted by Gasteiger charge is 2.51. The number of nitrogens with two attached hydrogens (primary N) is 1. The molecule has 46 heavy (non-hydrogen) atoms. The Labute approximate surface area is 277 Å². The molecule has 13 heteroatoms. The van der Waals surface area contributed by atoms with Crippen LogP contribution < -0.4 is 15.4 Å². The van der Waals surface area contributed by atoms with E-state index in [1.54, 1.807) is 0 Å². The van der Waals surface area contributed by atoms with E-state index < -0.39 is 11.6 Å². The zero-order valence-corrected chi connectivity index (χ0v) is 28.2. The van der Waals surface area contributed by atoms with Crippen LogP contribution in [0.2, 0.25) is 5.02 Å². The monoisotopic (exact) mass is 666 g/mol. The third-order valence-corrected chi connectivity index (χ3v) is 12.8. The van der Waals surface area contributed by atoms with Crippen molar-refractivity contribution < 1.29 is 13.7 Å². The minimum Gasteiger partial charge on any atom is -0.472 e. The maximum Gasteiger partial charge on any atom is 0.238 e. The van der Waals surface area contributed by atoms with Crippen LogP contribution in [0.15, 0.2) is 4.52 Å². The average molecular weight is 667 g/mol. The number of alkyl halides is 1. The second kappa shape index (κ2) is 11.0. The van der Waals surface area contributed by atoms with Crippen molar-refractivity contribution in [1.29, 1.82) is 5.26 Å². The van der Waals surface area contributed by atoms with Gasteiger partial charge >= 0.3 is 0 Å². The van der Waals surface area contributed by atoms with Crippen molar-refractivity contribution in [3.05, 3.63) is 32.4 Å². The number of nitrogens with zero attached hydrogens (tertiary/aromatic N) is 7. The maximum atomic E-state index is 14.3. The van der Waals surface area contributed by atoms with E-state index in [0.29, 0.717) is 45.9 Å². The molecule has 1 saturated carbocycles. The van der Waals surface area contributed by atoms with Gasteiger partial charge in [0.15, 0.2) is 23.1 Å². The highest BCUT2D eigenvalue weighted by atomic mass is 35.5. The lowest BCUT2D eigenvalue weighted by Crippen LogP contribution is -2.53. The van der Waals surface area contributed by atoms with Gasteiger partial charge in [0.05, 0.1) is 11.0 Å². The molecule has 5 heterocycles. The number of hydrogen-bond acceptors (Lipinski definition) is 11. The summed E-state index contributed by atoms with van der Waals surface area (Å²) >= 11 is 8.65. The topological polar surface area (TPSA) is 121 Å². The first-order valence-electron chi connectivity index (χ1n) is 16.5. The Bertz CT molecular complexity index is 1730. The van der Waals surface area contributed by atoms with E-state index in [0.717, 1.165) is 87.9 Å². The Kier molecular flexibility index (Phi) is 7.29. The van der Waals surface area contributed by atoms with Gasteiger partial charge in [0.25, 0.3) is 0 Å². The van der Waals surface area contributed by atoms with Crippen LogP contribution in [0.5, 0.6) is 5.88 Å². The second-order valence-electron chi connectivity index (χ2n) is 14.1. The Hall–Kier alpha value is -2.98. The fraction of sp³-hybridized carbons (Fsp3) is 0.636. The van der Waals surface area contributed by atoms with Crippen LogP contribution in [0.3, 0.4) is 0 Å². The highest BCUT2D eigenvalue weighted by Crippen LogP contribution is 2.55. The van der Waals surface area contributed by atoms with Crippen LogP contribution in [0.25, 0.3) is 11.5 Å². The summed E-state index contributed by atoms with van der Waals surface area (Å²) in [4.78, 5) is 17.9. The minimum absolute atomic E-state index is 0.0983. The number of likely N-dealkylation sites (N-methyl/N-ethyl adjacent to an activating group) is 2. The molecule has 2 N–H and O–H groups in total. The molecule has 4 atom stereocenters. The van der Waals surface area contributed by atoms with Crippen LogP contribution in [0, 0.1) is 11.3 Å². The Morgan fingerprint density at radius 2 is 1.96 bits per heavy atom. The van der Waals surface area contributed by atoms with Crippen molar-refractivity contribution in [3.8, 4) is 23.5 Å². The smallest absolute Gasteiger partial charge is 0.238 e. The van der Waals surface area contributed by atoms with Crippen LogP contribution >= 0.6 is 22.9 Å². The molecule has 5 aliphatic rings. The van der Waals surface area contributed by atoms with Gasteiger partial charge in [-0.25, -0.2) is 9.37 Å². The molecule has 2 spiro atoms. The summed E-state index contributed by atoms with van der Waals surface area (Å²) in [6.45, 7) is 4.84. The summed E-state index contributed by atoms with van der Waals surface area (Å²) < 4.78 is 27.1. The van der Waals surface area contributed by atoms with Crippen molar-refractivity contribution in [3.63, 3.8) is 0 Å². The number of ether oxygens (including phenoxy) is 1. The summed E-state index contributed by atoms with van der Waals surface area (Å²) in [7, 11) is 4.12. The van der Waals surface area contributed by atoms with Crippen LogP contribution in [-0.4, -0.2) is 89.1 Å². The van der Waals surface area contributed by atoms with Gasteiger partial charge in [-0.15, -0.1) is 11.3 Å². The molecule has 244 valence electrons. The molecular weight excluding hydrogens is 627 g/mol. The summed E-state index contributed by atoms with van der Waals surface area (Å²) in [6.07, 6.45) is 6.80. The van der Waals surface area contributed by atoms with Gasteiger partial charge in [-0.1, -0.05) is 16.8 Å². The predicted octanol–water partition coefficient (Wildman–Crippen LogP) is 5.35. The van der Waals surface area contributed by atoms with Crippen molar-refractivity contribution in [2.45, 2.75) is 94.0 Å². The fourth-order valence-corrected chi connectivity index (χ4v) is 10.1. The number of hydrogen-bond donors (Lipinski definition) is 1. The number of aromatic nitrogens is 3. The molecule has 3 aromatic heterocycles. The standard InChI is InChI=1S/C33H40ClFN8O2S/c1-18(22-14-19(35)16-41(22)2)44-31-25(34)30(43-13-12-42(3)32(17-43)10-11-32)38-29(39-31)26-20-6-4-8-33(27(20)45-40-26)9-5-7-23-24(33)21(15-36)28(37)46-23/h18-19,22H,4-14,16-17,37H2,1-3H3/t18-,19+,22-,33-/m0/s1. The molecular formula is C33H40ClFN8O2S. The first-order chi connectivity index (χ1) is 22.1. The molecule has 10 nitrogen and oxygen atoms in total. The second-order valence-corrected chi connectivity index (χ2v) is 15.6. The van der Waals surface area contributed by atoms with Crippen molar-refractivity contribution in [2.75, 3.05) is 50.9 Å². The molecule has 3 aromatic rings. The third-order valence-electron chi connectivity index (χ3n) is 11.4. The number of nitriles is 1. The molecule has 2 aliphatic heterocycles. The Balaban J connectivity index is 1.23. The lowest BCUT2D eigenvalue weighted by atomic mass is 9.63. The summed E-state index contributed by atoms with van der Waals surface area (Å²) in [5.41, 5.74) is 9.24. The number of aryl methyl sites for hydroxylation is 1. The number of nitrogen functional groups attached to an aromatic ring is 1. The largest absolute Gasteiger partial charge is 0.472 e. The number of fused-ring (bicyclic) bond motifs is 4. The molecule has 0 bridgehead atoms. The van der Waals surface area contributed by atoms with Crippen LogP contribution in [-0.2, 0) is 18.3 Å². The average Bonchev–Trinajstić information content (AvgIpc) is 3.33. The third kappa shape index (κ3) is 4.64. The van der Waals surface area contributed by atoms with Gasteiger partial charge in [-0.05, 0) is 84.4 Å². The summed E-state index contributed by atoms with van der Waals surface area (Å²) in [5, 5.41) is 15.7. The zero-order valence-electron chi connectivity index (χ0n) is 26.6. The van der Waals surface area contributed by atoms with E-state index in [2.05, 4.69) is 28.1 Å². The number of piperazine rings is 1. The number of anilines is 2. The number of rotatable bonds is 5. The molecule has 0 unspecified atom stereocenters. The number of thiophene rings is 1. The van der Waals surface area contributed by atoms with Crippen molar-refractivity contribution in [2.24, 2.45) is 0 Å². The van der Waals surface area contributed by atoms with Gasteiger partial charge in [-0.2, -0.15) is 10.2 Å². The maximum absolute atomic E-state index is 14.3. The first kappa shape index (κ1) is 30.4. The van der Waals surface area contributed by atoms with Gasteiger partial charge in [0, 0.05) is 48.2 Å². The van der Waals surface area contributed by atoms with E-state index in [1.165, 1.54) is 16.2 Å². The van der Waals surface area contributed by atoms with Gasteiger partial charge in [0.1, 0.15) is 28.4 Å². The minimum atomic E-state index is -0.887. The first-order valence-corrected chi connectivity index (χ1v) is 17.7. The Morgan fingerprint density at radius 3 is 2.67 bits per heavy atom. The summed E-state index contributed by atoms with van der Waals surface area (Å²) in [6, 6.07) is 2.30. The molecule has 3 fully saturated rings. The van der Waals surface area contributed by atoms with E-state index in [1.807, 2.05) is 18.9 Å². The summed E-state index contributed by atoms with van der Waals surface area (Å²) in [5.74, 6) is 2.14. The van der Waals surface area contributed by atoms with Crippen molar-refractivity contribution >= 4 is 33.8 Å². The lowest BCUT2D eigenvalue weighted by molar-refractivity contribution is 0.117. The van der Waals surface area contributed by atoms with Crippen LogP contribution in [0.1, 0.15) is 79.2 Å². The normalized spacial score (nSPS) is 27.9. The molecule has 0 radical (unpaired) electrons. The molecule has 0 aromatic carbocycles. The zero-order chi connectivity index (χ0) is 32.0. The number of likely N-dealkylation sites (tertiary alicyclic amines) is 1. The molecule has 2 saturated heterocycles. The predicted molar refractivity (Wildman–Crippen MR) is 175 cm³/mol. The van der Waals surface area contributed by atoms with Gasteiger partial charge < -0.3 is 19.9 Å².